The summed E-state index contributed by atoms with van der Waals surface area (Å²) < 4.78 is 0. The van der Waals surface area contributed by atoms with Crippen molar-refractivity contribution in [3.63, 3.8) is 0 Å². The molecular formula is C16H25N3O. The van der Waals surface area contributed by atoms with Crippen LogP contribution in [0.3, 0.4) is 0 Å². The third-order valence-electron chi connectivity index (χ3n) is 3.91. The summed E-state index contributed by atoms with van der Waals surface area (Å²) >= 11 is 0. The average molecular weight is 275 g/mol. The molecule has 1 aliphatic heterocycles. The molecule has 20 heavy (non-hydrogen) atoms. The molecule has 4 nitrogen and oxygen atoms in total. The predicted octanol–water partition coefficient (Wildman–Crippen LogP) is 3.37. The highest BCUT2D eigenvalue weighted by atomic mass is 16.2. The van der Waals surface area contributed by atoms with Gasteiger partial charge in [0.25, 0.3) is 0 Å². The van der Waals surface area contributed by atoms with Gasteiger partial charge in [0.1, 0.15) is 5.82 Å². The van der Waals surface area contributed by atoms with Gasteiger partial charge < -0.3 is 10.2 Å². The maximum absolute atomic E-state index is 11.7. The van der Waals surface area contributed by atoms with E-state index in [4.69, 9.17) is 0 Å². The fraction of sp³-hybridized carbons (Fsp3) is 0.625. The number of carbonyl (C=O) groups excluding carboxylic acids is 1. The minimum Gasteiger partial charge on any atom is -0.370 e. The van der Waals surface area contributed by atoms with Gasteiger partial charge in [0, 0.05) is 26.2 Å². The lowest BCUT2D eigenvalue weighted by molar-refractivity contribution is -0.132. The first-order valence-corrected chi connectivity index (χ1v) is 7.69. The topological polar surface area (TPSA) is 45.2 Å². The average Bonchev–Trinajstić information content (AvgIpc) is 2.48. The molecule has 0 unspecified atom stereocenters. The van der Waals surface area contributed by atoms with Crippen molar-refractivity contribution in [1.82, 2.24) is 9.88 Å². The minimum absolute atomic E-state index is 0.167. The first-order valence-electron chi connectivity index (χ1n) is 7.69. The number of hydrogen-bond donors (Lipinski definition) is 1. The highest BCUT2D eigenvalue weighted by Crippen LogP contribution is 2.30. The Hall–Kier alpha value is -1.58. The summed E-state index contributed by atoms with van der Waals surface area (Å²) in [6, 6.07) is 4.34. The molecule has 1 atom stereocenters. The molecule has 2 heterocycles. The highest BCUT2D eigenvalue weighted by Gasteiger charge is 2.25. The van der Waals surface area contributed by atoms with Crippen LogP contribution in [0.2, 0.25) is 0 Å². The monoisotopic (exact) mass is 275 g/mol. The van der Waals surface area contributed by atoms with Gasteiger partial charge in [-0.25, -0.2) is 4.98 Å². The van der Waals surface area contributed by atoms with Gasteiger partial charge >= 0.3 is 0 Å². The van der Waals surface area contributed by atoms with E-state index in [1.807, 2.05) is 17.2 Å². The van der Waals surface area contributed by atoms with Crippen LogP contribution in [-0.2, 0) is 4.79 Å². The molecule has 1 N–H and O–H groups in total. The molecule has 1 saturated heterocycles. The molecule has 1 aromatic rings. The van der Waals surface area contributed by atoms with Crippen molar-refractivity contribution >= 4 is 11.7 Å². The number of piperidine rings is 1. The van der Waals surface area contributed by atoms with Crippen molar-refractivity contribution in [3.05, 3.63) is 23.9 Å². The third-order valence-corrected chi connectivity index (χ3v) is 3.91. The summed E-state index contributed by atoms with van der Waals surface area (Å²) in [7, 11) is 0. The minimum atomic E-state index is 0.167. The van der Waals surface area contributed by atoms with E-state index in [1.54, 1.807) is 6.92 Å². The Balaban J connectivity index is 2.02. The molecule has 0 bridgehead atoms. The number of unbranched alkanes of at least 4 members (excludes halogenated alkanes) is 1. The van der Waals surface area contributed by atoms with Gasteiger partial charge in [-0.1, -0.05) is 19.4 Å². The molecular weight excluding hydrogens is 250 g/mol. The molecule has 1 amide bonds. The van der Waals surface area contributed by atoms with Gasteiger partial charge in [0.2, 0.25) is 5.91 Å². The summed E-state index contributed by atoms with van der Waals surface area (Å²) in [5.74, 6) is 1.09. The van der Waals surface area contributed by atoms with E-state index in [-0.39, 0.29) is 11.9 Å². The Bertz CT molecular complexity index is 430. The summed E-state index contributed by atoms with van der Waals surface area (Å²) in [5.41, 5.74) is 1.15. The van der Waals surface area contributed by atoms with Crippen LogP contribution in [0.25, 0.3) is 0 Å². The highest BCUT2D eigenvalue weighted by molar-refractivity contribution is 5.74. The lowest BCUT2D eigenvalue weighted by Crippen LogP contribution is -2.36. The largest absolute Gasteiger partial charge is 0.370 e. The van der Waals surface area contributed by atoms with Gasteiger partial charge in [-0.2, -0.15) is 0 Å². The third kappa shape index (κ3) is 3.71. The van der Waals surface area contributed by atoms with Gasteiger partial charge in [-0.15, -0.1) is 0 Å². The second kappa shape index (κ2) is 7.27. The molecule has 0 aliphatic carbocycles. The Labute approximate surface area is 121 Å². The molecule has 1 aromatic heterocycles. The van der Waals surface area contributed by atoms with E-state index in [9.17, 15) is 4.79 Å². The molecule has 1 aliphatic rings. The Morgan fingerprint density at radius 3 is 2.95 bits per heavy atom. The van der Waals surface area contributed by atoms with E-state index in [0.717, 1.165) is 43.7 Å². The zero-order valence-electron chi connectivity index (χ0n) is 12.6. The van der Waals surface area contributed by atoms with Crippen molar-refractivity contribution in [3.8, 4) is 0 Å². The number of anilines is 1. The van der Waals surface area contributed by atoms with Crippen LogP contribution in [0.5, 0.6) is 0 Å². The summed E-state index contributed by atoms with van der Waals surface area (Å²) in [6.45, 7) is 5.67. The first kappa shape index (κ1) is 14.8. The van der Waals surface area contributed by atoms with Crippen molar-refractivity contribution in [1.29, 1.82) is 0 Å². The van der Waals surface area contributed by atoms with Crippen LogP contribution in [0, 0.1) is 0 Å². The van der Waals surface area contributed by atoms with Crippen molar-refractivity contribution in [2.24, 2.45) is 0 Å². The summed E-state index contributed by atoms with van der Waals surface area (Å²) in [5, 5.41) is 3.32. The van der Waals surface area contributed by atoms with Gasteiger partial charge in [-0.3, -0.25) is 4.79 Å². The van der Waals surface area contributed by atoms with E-state index >= 15 is 0 Å². The van der Waals surface area contributed by atoms with Gasteiger partial charge in [0.05, 0.1) is 6.04 Å². The molecule has 1 fully saturated rings. The number of likely N-dealkylation sites (tertiary alicyclic amines) is 1. The Morgan fingerprint density at radius 2 is 2.30 bits per heavy atom. The molecule has 110 valence electrons. The molecule has 4 heteroatoms. The van der Waals surface area contributed by atoms with Crippen LogP contribution < -0.4 is 5.32 Å². The SMILES string of the molecule is CCCCNc1ccc([C@H]2CCCCN2C(C)=O)cn1. The maximum atomic E-state index is 11.7. The fourth-order valence-corrected chi connectivity index (χ4v) is 2.76. The van der Waals surface area contributed by atoms with Crippen LogP contribution in [0.4, 0.5) is 5.82 Å². The predicted molar refractivity (Wildman–Crippen MR) is 81.6 cm³/mol. The van der Waals surface area contributed by atoms with Gasteiger partial charge in [-0.05, 0) is 37.3 Å². The zero-order chi connectivity index (χ0) is 14.4. The maximum Gasteiger partial charge on any atom is 0.219 e. The van der Waals surface area contributed by atoms with Crippen LogP contribution in [-0.4, -0.2) is 28.9 Å². The molecule has 0 aromatic carbocycles. The standard InChI is InChI=1S/C16H25N3O/c1-3-4-10-17-16-9-8-14(12-18-16)15-7-5-6-11-19(15)13(2)20/h8-9,12,15H,3-7,10-11H2,1-2H3,(H,17,18)/t15-/m1/s1. The van der Waals surface area contributed by atoms with Crippen molar-refractivity contribution in [2.75, 3.05) is 18.4 Å². The zero-order valence-corrected chi connectivity index (χ0v) is 12.6. The lowest BCUT2D eigenvalue weighted by Gasteiger charge is -2.35. The quantitative estimate of drug-likeness (QED) is 0.838. The normalized spacial score (nSPS) is 18.9. The van der Waals surface area contributed by atoms with E-state index < -0.39 is 0 Å². The smallest absolute Gasteiger partial charge is 0.219 e. The Kier molecular flexibility index (Phi) is 5.39. The number of pyridine rings is 1. The number of nitrogens with one attached hydrogen (secondary N) is 1. The molecule has 0 radical (unpaired) electrons. The molecule has 0 spiro atoms. The number of aromatic nitrogens is 1. The number of carbonyl (C=O) groups is 1. The fourth-order valence-electron chi connectivity index (χ4n) is 2.76. The molecule has 2 rings (SSSR count). The second-order valence-corrected chi connectivity index (χ2v) is 5.48. The molecule has 0 saturated carbocycles. The van der Waals surface area contributed by atoms with E-state index in [1.165, 1.54) is 12.8 Å². The summed E-state index contributed by atoms with van der Waals surface area (Å²) in [4.78, 5) is 18.2. The van der Waals surface area contributed by atoms with Gasteiger partial charge in [0.15, 0.2) is 0 Å². The van der Waals surface area contributed by atoms with Crippen LogP contribution in [0.15, 0.2) is 18.3 Å². The van der Waals surface area contributed by atoms with Crippen LogP contribution in [0.1, 0.15) is 57.6 Å². The number of rotatable bonds is 5. The summed E-state index contributed by atoms with van der Waals surface area (Å²) in [6.07, 6.45) is 7.60. The number of amides is 1. The Morgan fingerprint density at radius 1 is 1.45 bits per heavy atom. The first-order chi connectivity index (χ1) is 9.72. The lowest BCUT2D eigenvalue weighted by atomic mass is 9.96. The van der Waals surface area contributed by atoms with E-state index in [0.29, 0.717) is 0 Å². The van der Waals surface area contributed by atoms with E-state index in [2.05, 4.69) is 23.3 Å². The number of hydrogen-bond acceptors (Lipinski definition) is 3. The van der Waals surface area contributed by atoms with Crippen LogP contribution >= 0.6 is 0 Å². The second-order valence-electron chi connectivity index (χ2n) is 5.48. The number of nitrogens with zero attached hydrogens (tertiary/aromatic N) is 2. The van der Waals surface area contributed by atoms with Crippen molar-refractivity contribution in [2.45, 2.75) is 52.0 Å². The van der Waals surface area contributed by atoms with Crippen molar-refractivity contribution < 1.29 is 4.79 Å².